The van der Waals surface area contributed by atoms with Crippen LogP contribution in [0.15, 0.2) is 23.1 Å². The van der Waals surface area contributed by atoms with Gasteiger partial charge in [0.25, 0.3) is 0 Å². The van der Waals surface area contributed by atoms with E-state index in [4.69, 9.17) is 5.73 Å². The Bertz CT molecular complexity index is 487. The largest absolute Gasteiger partial charge is 0.398 e. The van der Waals surface area contributed by atoms with Crippen LogP contribution in [0.5, 0.6) is 0 Å². The van der Waals surface area contributed by atoms with Crippen LogP contribution in [-0.2, 0) is 7.05 Å². The predicted octanol–water partition coefficient (Wildman–Crippen LogP) is 0.0370. The van der Waals surface area contributed by atoms with Gasteiger partial charge in [0.1, 0.15) is 0 Å². The third kappa shape index (κ3) is 1.38. The van der Waals surface area contributed by atoms with E-state index in [9.17, 15) is 4.79 Å². The fraction of sp³-hybridized carbons (Fsp3) is 0.143. The molecule has 2 aromatic heterocycles. The van der Waals surface area contributed by atoms with Crippen LogP contribution in [0.2, 0.25) is 0 Å². The van der Waals surface area contributed by atoms with Gasteiger partial charge in [-0.3, -0.25) is 0 Å². The second kappa shape index (κ2) is 3.10. The van der Waals surface area contributed by atoms with Gasteiger partial charge in [-0.25, -0.2) is 13.9 Å². The zero-order valence-electron chi connectivity index (χ0n) is 6.97. The molecule has 6 heteroatoms. The number of hydrogen-bond donors (Lipinski definition) is 1. The first-order valence-electron chi connectivity index (χ1n) is 3.49. The number of fused-ring (bicyclic) bond motifs is 1. The Morgan fingerprint density at radius 2 is 2.15 bits per heavy atom. The summed E-state index contributed by atoms with van der Waals surface area (Å²) in [5.41, 5.74) is 6.48. The summed E-state index contributed by atoms with van der Waals surface area (Å²) in [4.78, 5) is 11.3. The Morgan fingerprint density at radius 3 is 2.85 bits per heavy atom. The van der Waals surface area contributed by atoms with E-state index in [1.54, 1.807) is 25.4 Å². The number of pyridine rings is 1. The molecule has 0 saturated heterocycles. The monoisotopic (exact) mass is 200 g/mol. The molecule has 0 aromatic carbocycles. The Kier molecular flexibility index (Phi) is 2.29. The van der Waals surface area contributed by atoms with E-state index in [1.807, 2.05) is 0 Å². The molecule has 0 atom stereocenters. The molecule has 2 heterocycles. The third-order valence-corrected chi connectivity index (χ3v) is 1.69. The number of aromatic nitrogens is 3. The normalized spacial score (nSPS) is 9.92. The summed E-state index contributed by atoms with van der Waals surface area (Å²) in [6.45, 7) is 0. The lowest BCUT2D eigenvalue weighted by Crippen LogP contribution is -2.17. The van der Waals surface area contributed by atoms with Gasteiger partial charge >= 0.3 is 5.69 Å². The number of rotatable bonds is 0. The average molecular weight is 201 g/mol. The molecule has 0 unspecified atom stereocenters. The van der Waals surface area contributed by atoms with E-state index >= 15 is 0 Å². The van der Waals surface area contributed by atoms with E-state index in [0.717, 1.165) is 0 Å². The lowest BCUT2D eigenvalue weighted by Gasteiger charge is -1.91. The molecular weight excluding hydrogens is 192 g/mol. The highest BCUT2D eigenvalue weighted by atomic mass is 35.5. The molecule has 0 radical (unpaired) electrons. The first-order valence-corrected chi connectivity index (χ1v) is 3.49. The molecule has 5 nitrogen and oxygen atoms in total. The fourth-order valence-electron chi connectivity index (χ4n) is 1.10. The molecule has 13 heavy (non-hydrogen) atoms. The van der Waals surface area contributed by atoms with Crippen LogP contribution >= 0.6 is 12.4 Å². The van der Waals surface area contributed by atoms with E-state index in [1.165, 1.54) is 9.08 Å². The van der Waals surface area contributed by atoms with Crippen molar-refractivity contribution in [2.24, 2.45) is 7.05 Å². The summed E-state index contributed by atoms with van der Waals surface area (Å²) < 4.78 is 2.68. The first kappa shape index (κ1) is 9.60. The minimum atomic E-state index is -0.183. The van der Waals surface area contributed by atoms with Crippen molar-refractivity contribution in [2.75, 3.05) is 5.73 Å². The maximum absolute atomic E-state index is 11.3. The van der Waals surface area contributed by atoms with Gasteiger partial charge in [-0.2, -0.15) is 5.10 Å². The average Bonchev–Trinajstić information content (AvgIpc) is 2.31. The van der Waals surface area contributed by atoms with E-state index in [-0.39, 0.29) is 18.1 Å². The number of nitrogens with two attached hydrogens (primary N) is 1. The topological polar surface area (TPSA) is 65.3 Å². The van der Waals surface area contributed by atoms with Crippen LogP contribution in [0.3, 0.4) is 0 Å². The number of nitrogens with zero attached hydrogens (tertiary/aromatic N) is 3. The van der Waals surface area contributed by atoms with Crippen molar-refractivity contribution in [3.63, 3.8) is 0 Å². The summed E-state index contributed by atoms with van der Waals surface area (Å²) >= 11 is 0. The molecule has 0 aliphatic heterocycles. The second-order valence-electron chi connectivity index (χ2n) is 2.60. The molecule has 0 spiro atoms. The van der Waals surface area contributed by atoms with Crippen molar-refractivity contribution in [1.29, 1.82) is 0 Å². The molecule has 0 saturated carbocycles. The smallest absolute Gasteiger partial charge is 0.350 e. The lowest BCUT2D eigenvalue weighted by atomic mass is 10.4. The lowest BCUT2D eigenvalue weighted by molar-refractivity contribution is 0.733. The van der Waals surface area contributed by atoms with Crippen molar-refractivity contribution >= 4 is 23.7 Å². The predicted molar refractivity (Wildman–Crippen MR) is 52.1 cm³/mol. The van der Waals surface area contributed by atoms with Gasteiger partial charge in [0.2, 0.25) is 0 Å². The van der Waals surface area contributed by atoms with Gasteiger partial charge in [0.15, 0.2) is 5.65 Å². The Balaban J connectivity index is 0.000000845. The number of nitrogen functional groups attached to an aromatic ring is 1. The number of aryl methyl sites for hydroxylation is 1. The zero-order chi connectivity index (χ0) is 8.72. The summed E-state index contributed by atoms with van der Waals surface area (Å²) in [5, 5.41) is 3.97. The maximum atomic E-state index is 11.3. The van der Waals surface area contributed by atoms with Gasteiger partial charge < -0.3 is 5.73 Å². The minimum absolute atomic E-state index is 0. The molecule has 0 aliphatic rings. The van der Waals surface area contributed by atoms with Crippen molar-refractivity contribution in [1.82, 2.24) is 14.2 Å². The highest BCUT2D eigenvalue weighted by Crippen LogP contribution is 2.01. The molecule has 0 aliphatic carbocycles. The molecular formula is C7H9ClN4O. The third-order valence-electron chi connectivity index (χ3n) is 1.69. The van der Waals surface area contributed by atoms with Crippen LogP contribution < -0.4 is 11.4 Å². The van der Waals surface area contributed by atoms with Crippen LogP contribution in [0, 0.1) is 0 Å². The SMILES string of the molecule is Cl.Cn1nc2ccc(N)cn2c1=O. The molecule has 0 amide bonds. The van der Waals surface area contributed by atoms with Gasteiger partial charge in [-0.05, 0) is 12.1 Å². The highest BCUT2D eigenvalue weighted by Gasteiger charge is 2.01. The Morgan fingerprint density at radius 1 is 1.46 bits per heavy atom. The Labute approximate surface area is 80.2 Å². The van der Waals surface area contributed by atoms with Gasteiger partial charge in [-0.15, -0.1) is 12.4 Å². The summed E-state index contributed by atoms with van der Waals surface area (Å²) in [7, 11) is 1.60. The molecule has 2 aromatic rings. The Hall–Kier alpha value is -1.49. The van der Waals surface area contributed by atoms with Crippen LogP contribution in [0.1, 0.15) is 0 Å². The van der Waals surface area contributed by atoms with E-state index in [0.29, 0.717) is 11.3 Å². The van der Waals surface area contributed by atoms with Gasteiger partial charge in [0, 0.05) is 18.9 Å². The zero-order valence-corrected chi connectivity index (χ0v) is 7.78. The van der Waals surface area contributed by atoms with Crippen molar-refractivity contribution in [3.05, 3.63) is 28.8 Å². The molecule has 70 valence electrons. The van der Waals surface area contributed by atoms with Gasteiger partial charge in [-0.1, -0.05) is 0 Å². The molecule has 2 rings (SSSR count). The molecule has 0 fully saturated rings. The van der Waals surface area contributed by atoms with Gasteiger partial charge in [0.05, 0.1) is 0 Å². The van der Waals surface area contributed by atoms with E-state index < -0.39 is 0 Å². The summed E-state index contributed by atoms with van der Waals surface area (Å²) in [6.07, 6.45) is 1.56. The van der Waals surface area contributed by atoms with Crippen molar-refractivity contribution < 1.29 is 0 Å². The minimum Gasteiger partial charge on any atom is -0.398 e. The number of hydrogen-bond acceptors (Lipinski definition) is 3. The molecule has 2 N–H and O–H groups in total. The van der Waals surface area contributed by atoms with Crippen LogP contribution in [0.4, 0.5) is 5.69 Å². The van der Waals surface area contributed by atoms with Crippen LogP contribution in [0.25, 0.3) is 5.65 Å². The number of halogens is 1. The number of anilines is 1. The first-order chi connectivity index (χ1) is 5.68. The van der Waals surface area contributed by atoms with E-state index in [2.05, 4.69) is 5.10 Å². The van der Waals surface area contributed by atoms with Crippen LogP contribution in [-0.4, -0.2) is 14.2 Å². The fourth-order valence-corrected chi connectivity index (χ4v) is 1.10. The highest BCUT2D eigenvalue weighted by molar-refractivity contribution is 5.85. The molecule has 0 bridgehead atoms. The van der Waals surface area contributed by atoms with Crippen molar-refractivity contribution in [2.45, 2.75) is 0 Å². The second-order valence-corrected chi connectivity index (χ2v) is 2.60. The standard InChI is InChI=1S/C7H8N4O.ClH/c1-10-7(12)11-4-5(8)2-3-6(11)9-10;/h2-4H,8H2,1H3;1H. The summed E-state index contributed by atoms with van der Waals surface area (Å²) in [6, 6.07) is 3.42. The maximum Gasteiger partial charge on any atom is 0.350 e. The summed E-state index contributed by atoms with van der Waals surface area (Å²) in [5.74, 6) is 0. The van der Waals surface area contributed by atoms with Crippen molar-refractivity contribution in [3.8, 4) is 0 Å². The quantitative estimate of drug-likeness (QED) is 0.653.